The highest BCUT2D eigenvalue weighted by Crippen LogP contribution is 2.28. The van der Waals surface area contributed by atoms with Crippen molar-refractivity contribution in [2.24, 2.45) is 0 Å². The van der Waals surface area contributed by atoms with Crippen LogP contribution in [0.5, 0.6) is 5.75 Å². The molecule has 0 atom stereocenters. The molecule has 102 valence electrons. The van der Waals surface area contributed by atoms with Gasteiger partial charge in [-0.2, -0.15) is 0 Å². The summed E-state index contributed by atoms with van der Waals surface area (Å²) in [6, 6.07) is 0. The van der Waals surface area contributed by atoms with Crippen LogP contribution in [0.15, 0.2) is 15.1 Å². The van der Waals surface area contributed by atoms with Gasteiger partial charge in [-0.15, -0.1) is 21.5 Å². The molecule has 8 heteroatoms. The number of methoxy groups -OCH3 is 1. The third-order valence-corrected chi connectivity index (χ3v) is 5.05. The smallest absolute Gasteiger partial charge is 0.262 e. The van der Waals surface area contributed by atoms with Crippen LogP contribution in [-0.2, 0) is 0 Å². The van der Waals surface area contributed by atoms with E-state index in [1.165, 1.54) is 22.7 Å². The lowest BCUT2D eigenvalue weighted by atomic mass is 10.3. The number of hydrogen-bond acceptors (Lipinski definition) is 7. The van der Waals surface area contributed by atoms with E-state index in [4.69, 9.17) is 4.74 Å². The van der Waals surface area contributed by atoms with E-state index >= 15 is 0 Å². The molecular formula is C11H13N3O2S3. The van der Waals surface area contributed by atoms with Gasteiger partial charge in [0.25, 0.3) is 5.91 Å². The second-order valence-electron chi connectivity index (χ2n) is 3.53. The topological polar surface area (TPSA) is 64.1 Å². The maximum absolute atomic E-state index is 12.0. The Labute approximate surface area is 123 Å². The summed E-state index contributed by atoms with van der Waals surface area (Å²) in [7, 11) is 1.54. The molecule has 0 aromatic carbocycles. The Morgan fingerprint density at radius 2 is 2.32 bits per heavy atom. The van der Waals surface area contributed by atoms with Crippen molar-refractivity contribution < 1.29 is 9.53 Å². The number of ether oxygens (including phenoxy) is 1. The molecule has 0 aliphatic heterocycles. The Hall–Kier alpha value is -1.12. The molecule has 0 aliphatic carbocycles. The number of carbonyl (C=O) groups excluding carboxylic acids is 1. The Balaban J connectivity index is 2.01. The SMILES string of the molecule is CCCSc1nnc(NC(=O)c2cscc2OC)s1. The summed E-state index contributed by atoms with van der Waals surface area (Å²) in [6.45, 7) is 2.11. The zero-order valence-electron chi connectivity index (χ0n) is 10.5. The molecule has 1 N–H and O–H groups in total. The Morgan fingerprint density at radius 3 is 3.05 bits per heavy atom. The second kappa shape index (κ2) is 6.88. The molecule has 2 aromatic heterocycles. The summed E-state index contributed by atoms with van der Waals surface area (Å²) in [5.41, 5.74) is 0.519. The second-order valence-corrected chi connectivity index (χ2v) is 6.59. The van der Waals surface area contributed by atoms with Crippen molar-refractivity contribution in [2.45, 2.75) is 17.7 Å². The number of rotatable bonds is 6. The summed E-state index contributed by atoms with van der Waals surface area (Å²) >= 11 is 4.45. The zero-order valence-corrected chi connectivity index (χ0v) is 13.0. The van der Waals surface area contributed by atoms with Crippen LogP contribution < -0.4 is 10.1 Å². The van der Waals surface area contributed by atoms with Crippen LogP contribution in [-0.4, -0.2) is 29.0 Å². The monoisotopic (exact) mass is 315 g/mol. The lowest BCUT2D eigenvalue weighted by Crippen LogP contribution is -2.11. The lowest BCUT2D eigenvalue weighted by molar-refractivity contribution is 0.102. The molecule has 0 unspecified atom stereocenters. The number of carbonyl (C=O) groups is 1. The molecule has 0 fully saturated rings. The third kappa shape index (κ3) is 3.68. The Kier molecular flexibility index (Phi) is 5.17. The first-order valence-electron chi connectivity index (χ1n) is 5.62. The van der Waals surface area contributed by atoms with Crippen molar-refractivity contribution in [2.75, 3.05) is 18.2 Å². The minimum absolute atomic E-state index is 0.221. The van der Waals surface area contributed by atoms with E-state index in [0.29, 0.717) is 16.4 Å². The van der Waals surface area contributed by atoms with Crippen LogP contribution in [0.3, 0.4) is 0 Å². The average Bonchev–Trinajstić information content (AvgIpc) is 3.04. The van der Waals surface area contributed by atoms with E-state index in [2.05, 4.69) is 22.4 Å². The van der Waals surface area contributed by atoms with Gasteiger partial charge in [0.2, 0.25) is 5.13 Å². The number of thiophene rings is 1. The van der Waals surface area contributed by atoms with Gasteiger partial charge in [-0.25, -0.2) is 0 Å². The van der Waals surface area contributed by atoms with Gasteiger partial charge in [0.15, 0.2) is 4.34 Å². The summed E-state index contributed by atoms with van der Waals surface area (Å²) in [4.78, 5) is 12.0. The molecule has 0 aliphatic rings. The third-order valence-electron chi connectivity index (χ3n) is 2.15. The fraction of sp³-hybridized carbons (Fsp3) is 0.364. The van der Waals surface area contributed by atoms with Gasteiger partial charge in [0.05, 0.1) is 12.7 Å². The number of anilines is 1. The predicted octanol–water partition coefficient (Wildman–Crippen LogP) is 3.36. The number of aromatic nitrogens is 2. The van der Waals surface area contributed by atoms with Gasteiger partial charge >= 0.3 is 0 Å². The van der Waals surface area contributed by atoms with Crippen LogP contribution >= 0.6 is 34.4 Å². The van der Waals surface area contributed by atoms with Crippen LogP contribution in [0.25, 0.3) is 0 Å². The minimum atomic E-state index is -0.221. The summed E-state index contributed by atoms with van der Waals surface area (Å²) in [5.74, 6) is 1.36. The van der Waals surface area contributed by atoms with Gasteiger partial charge in [-0.1, -0.05) is 30.0 Å². The van der Waals surface area contributed by atoms with Crippen molar-refractivity contribution >= 4 is 45.5 Å². The van der Waals surface area contributed by atoms with E-state index in [0.717, 1.165) is 16.5 Å². The van der Waals surface area contributed by atoms with Crippen LogP contribution in [0, 0.1) is 0 Å². The van der Waals surface area contributed by atoms with Crippen LogP contribution in [0.1, 0.15) is 23.7 Å². The first-order valence-corrected chi connectivity index (χ1v) is 8.37. The van der Waals surface area contributed by atoms with E-state index in [9.17, 15) is 4.79 Å². The van der Waals surface area contributed by atoms with Crippen molar-refractivity contribution in [1.82, 2.24) is 10.2 Å². The minimum Gasteiger partial charge on any atom is -0.495 e. The van der Waals surface area contributed by atoms with Crippen molar-refractivity contribution in [3.05, 3.63) is 16.3 Å². The molecule has 1 amide bonds. The standard InChI is InChI=1S/C11H13N3O2S3/c1-3-4-18-11-14-13-10(19-11)12-9(15)7-5-17-6-8(7)16-2/h5-6H,3-4H2,1-2H3,(H,12,13,15). The fourth-order valence-electron chi connectivity index (χ4n) is 1.28. The maximum atomic E-state index is 12.0. The van der Waals surface area contributed by atoms with Crippen molar-refractivity contribution in [3.8, 4) is 5.75 Å². The van der Waals surface area contributed by atoms with E-state index in [1.54, 1.807) is 29.6 Å². The lowest BCUT2D eigenvalue weighted by Gasteiger charge is -2.01. The van der Waals surface area contributed by atoms with E-state index < -0.39 is 0 Å². The van der Waals surface area contributed by atoms with Crippen LogP contribution in [0.4, 0.5) is 5.13 Å². The molecule has 2 heterocycles. The molecule has 2 rings (SSSR count). The molecule has 0 radical (unpaired) electrons. The Morgan fingerprint density at radius 1 is 1.47 bits per heavy atom. The number of thioether (sulfide) groups is 1. The number of hydrogen-bond donors (Lipinski definition) is 1. The quantitative estimate of drug-likeness (QED) is 0.654. The largest absolute Gasteiger partial charge is 0.495 e. The number of nitrogens with zero attached hydrogens (tertiary/aromatic N) is 2. The van der Waals surface area contributed by atoms with Gasteiger partial charge in [0.1, 0.15) is 5.75 Å². The molecule has 0 saturated carbocycles. The molecule has 0 spiro atoms. The maximum Gasteiger partial charge on any atom is 0.262 e. The van der Waals surface area contributed by atoms with E-state index in [1.807, 2.05) is 0 Å². The predicted molar refractivity (Wildman–Crippen MR) is 79.7 cm³/mol. The van der Waals surface area contributed by atoms with Gasteiger partial charge in [0, 0.05) is 16.5 Å². The highest BCUT2D eigenvalue weighted by molar-refractivity contribution is 8.01. The van der Waals surface area contributed by atoms with E-state index in [-0.39, 0.29) is 5.91 Å². The normalized spacial score (nSPS) is 10.4. The van der Waals surface area contributed by atoms with Crippen molar-refractivity contribution in [3.63, 3.8) is 0 Å². The van der Waals surface area contributed by atoms with Gasteiger partial charge in [-0.3, -0.25) is 10.1 Å². The first kappa shape index (κ1) is 14.3. The number of amides is 1. The molecule has 19 heavy (non-hydrogen) atoms. The average molecular weight is 315 g/mol. The summed E-state index contributed by atoms with van der Waals surface area (Å²) in [6.07, 6.45) is 1.08. The highest BCUT2D eigenvalue weighted by atomic mass is 32.2. The molecule has 0 bridgehead atoms. The molecular weight excluding hydrogens is 302 g/mol. The summed E-state index contributed by atoms with van der Waals surface area (Å²) in [5, 5.41) is 14.8. The molecule has 2 aromatic rings. The molecule has 0 saturated heterocycles. The fourth-order valence-corrected chi connectivity index (χ4v) is 3.73. The van der Waals surface area contributed by atoms with Crippen LogP contribution in [0.2, 0.25) is 0 Å². The number of nitrogens with one attached hydrogen (secondary N) is 1. The first-order chi connectivity index (χ1) is 9.24. The summed E-state index contributed by atoms with van der Waals surface area (Å²) < 4.78 is 5.99. The zero-order chi connectivity index (χ0) is 13.7. The van der Waals surface area contributed by atoms with Gasteiger partial charge in [-0.05, 0) is 6.42 Å². The van der Waals surface area contributed by atoms with Gasteiger partial charge < -0.3 is 4.74 Å². The Bertz CT molecular complexity index is 553. The van der Waals surface area contributed by atoms with Crippen molar-refractivity contribution in [1.29, 1.82) is 0 Å². The molecule has 5 nitrogen and oxygen atoms in total. The highest BCUT2D eigenvalue weighted by Gasteiger charge is 2.15.